The maximum absolute atomic E-state index is 12.4. The Kier molecular flexibility index (Phi) is 8.72. The van der Waals surface area contributed by atoms with Gasteiger partial charge in [-0.05, 0) is 42.0 Å². The van der Waals surface area contributed by atoms with Crippen LogP contribution in [0.5, 0.6) is 28.7 Å². The standard InChI is InChI=1S/C32H24Cl2N2O6/c1-38-29-14-19(10-13-27(29)39-17-20-6-2-3-7-24(20)33)31-22-12-11-21(15-28(22)42-32(36)23(31)16-35)41-30(37)18-40-26-9-5-4-8-25(26)34/h2-15,31H,17-18,36H2,1H3. The number of hydrogen-bond donors (Lipinski definition) is 1. The molecule has 1 unspecified atom stereocenters. The number of rotatable bonds is 9. The highest BCUT2D eigenvalue weighted by Gasteiger charge is 2.32. The highest BCUT2D eigenvalue weighted by molar-refractivity contribution is 6.32. The zero-order valence-corrected chi connectivity index (χ0v) is 23.8. The first-order chi connectivity index (χ1) is 20.4. The van der Waals surface area contributed by atoms with Gasteiger partial charge in [-0.2, -0.15) is 5.26 Å². The molecule has 0 fully saturated rings. The van der Waals surface area contributed by atoms with Crippen molar-refractivity contribution in [3.63, 3.8) is 0 Å². The number of nitriles is 1. The summed E-state index contributed by atoms with van der Waals surface area (Å²) in [5.74, 6) is 0.627. The Morgan fingerprint density at radius 2 is 1.69 bits per heavy atom. The van der Waals surface area contributed by atoms with E-state index in [4.69, 9.17) is 52.6 Å². The first-order valence-corrected chi connectivity index (χ1v) is 13.5. The number of hydrogen-bond acceptors (Lipinski definition) is 8. The quantitative estimate of drug-likeness (QED) is 0.165. The van der Waals surface area contributed by atoms with Gasteiger partial charge in [-0.25, -0.2) is 4.79 Å². The smallest absolute Gasteiger partial charge is 0.349 e. The van der Waals surface area contributed by atoms with Gasteiger partial charge in [0.25, 0.3) is 0 Å². The van der Waals surface area contributed by atoms with Crippen LogP contribution in [-0.2, 0) is 11.4 Å². The van der Waals surface area contributed by atoms with Crippen LogP contribution >= 0.6 is 23.2 Å². The highest BCUT2D eigenvalue weighted by Crippen LogP contribution is 2.45. The Balaban J connectivity index is 1.37. The van der Waals surface area contributed by atoms with Gasteiger partial charge < -0.3 is 29.4 Å². The maximum Gasteiger partial charge on any atom is 0.349 e. The lowest BCUT2D eigenvalue weighted by molar-refractivity contribution is -0.136. The van der Waals surface area contributed by atoms with E-state index >= 15 is 0 Å². The van der Waals surface area contributed by atoms with Gasteiger partial charge in [0.2, 0.25) is 5.88 Å². The molecular weight excluding hydrogens is 579 g/mol. The fraction of sp³-hybridized carbons (Fsp3) is 0.125. The molecule has 8 nitrogen and oxygen atoms in total. The van der Waals surface area contributed by atoms with Gasteiger partial charge in [0.05, 0.1) is 18.1 Å². The van der Waals surface area contributed by atoms with E-state index in [2.05, 4.69) is 6.07 Å². The minimum atomic E-state index is -0.638. The minimum absolute atomic E-state index is 0.0569. The molecule has 0 spiro atoms. The van der Waals surface area contributed by atoms with E-state index < -0.39 is 11.9 Å². The van der Waals surface area contributed by atoms with Gasteiger partial charge in [-0.1, -0.05) is 65.7 Å². The predicted octanol–water partition coefficient (Wildman–Crippen LogP) is 6.78. The zero-order valence-electron chi connectivity index (χ0n) is 22.3. The molecule has 1 aliphatic heterocycles. The molecule has 10 heteroatoms. The summed E-state index contributed by atoms with van der Waals surface area (Å²) in [5, 5.41) is 10.9. The predicted molar refractivity (Wildman–Crippen MR) is 157 cm³/mol. The van der Waals surface area contributed by atoms with Crippen molar-refractivity contribution in [3.05, 3.63) is 123 Å². The van der Waals surface area contributed by atoms with E-state index in [0.29, 0.717) is 38.6 Å². The normalized spacial score (nSPS) is 13.8. The van der Waals surface area contributed by atoms with E-state index in [1.165, 1.54) is 13.2 Å². The number of benzene rings is 4. The van der Waals surface area contributed by atoms with Crippen molar-refractivity contribution in [2.45, 2.75) is 12.5 Å². The van der Waals surface area contributed by atoms with Crippen LogP contribution in [0.25, 0.3) is 0 Å². The second-order valence-electron chi connectivity index (χ2n) is 9.11. The van der Waals surface area contributed by atoms with Gasteiger partial charge in [0.1, 0.15) is 35.5 Å². The van der Waals surface area contributed by atoms with Gasteiger partial charge in [0, 0.05) is 22.2 Å². The second-order valence-corrected chi connectivity index (χ2v) is 9.92. The fourth-order valence-electron chi connectivity index (χ4n) is 4.46. The van der Waals surface area contributed by atoms with Crippen molar-refractivity contribution >= 4 is 29.2 Å². The zero-order chi connectivity index (χ0) is 29.6. The van der Waals surface area contributed by atoms with Crippen molar-refractivity contribution in [1.29, 1.82) is 5.26 Å². The summed E-state index contributed by atoms with van der Waals surface area (Å²) < 4.78 is 28.2. The van der Waals surface area contributed by atoms with Crippen LogP contribution in [0, 0.1) is 11.3 Å². The van der Waals surface area contributed by atoms with Crippen LogP contribution in [0.3, 0.4) is 0 Å². The molecule has 0 saturated heterocycles. The fourth-order valence-corrected chi connectivity index (χ4v) is 4.84. The Hall–Kier alpha value is -4.84. The van der Waals surface area contributed by atoms with Crippen LogP contribution in [0.2, 0.25) is 10.0 Å². The highest BCUT2D eigenvalue weighted by atomic mass is 35.5. The lowest BCUT2D eigenvalue weighted by atomic mass is 9.83. The molecule has 0 amide bonds. The molecule has 4 aromatic carbocycles. The number of ether oxygens (including phenoxy) is 5. The van der Waals surface area contributed by atoms with Crippen LogP contribution in [0.1, 0.15) is 22.6 Å². The molecule has 5 rings (SSSR count). The van der Waals surface area contributed by atoms with Crippen molar-refractivity contribution in [2.24, 2.45) is 5.73 Å². The number of nitrogens with zero attached hydrogens (tertiary/aromatic N) is 1. The average molecular weight is 603 g/mol. The Labute approximate surface area is 252 Å². The number of allylic oxidation sites excluding steroid dienone is 1. The number of carbonyl (C=O) groups is 1. The first-order valence-electron chi connectivity index (χ1n) is 12.7. The second kappa shape index (κ2) is 12.8. The lowest BCUT2D eigenvalue weighted by Gasteiger charge is -2.27. The summed E-state index contributed by atoms with van der Waals surface area (Å²) in [6.45, 7) is -0.105. The van der Waals surface area contributed by atoms with Crippen LogP contribution in [-0.4, -0.2) is 19.7 Å². The largest absolute Gasteiger partial charge is 0.493 e. The molecule has 1 aliphatic rings. The molecule has 0 bridgehead atoms. The molecule has 1 heterocycles. The third kappa shape index (κ3) is 6.23. The molecule has 2 N–H and O–H groups in total. The number of halogens is 2. The number of para-hydroxylation sites is 1. The van der Waals surface area contributed by atoms with E-state index in [-0.39, 0.29) is 30.4 Å². The van der Waals surface area contributed by atoms with E-state index in [0.717, 1.165) is 11.1 Å². The van der Waals surface area contributed by atoms with Crippen molar-refractivity contribution in [3.8, 4) is 34.8 Å². The molecule has 212 valence electrons. The van der Waals surface area contributed by atoms with Crippen molar-refractivity contribution in [1.82, 2.24) is 0 Å². The third-order valence-electron chi connectivity index (χ3n) is 6.47. The molecule has 42 heavy (non-hydrogen) atoms. The van der Waals surface area contributed by atoms with E-state index in [1.54, 1.807) is 54.6 Å². The first kappa shape index (κ1) is 28.7. The molecule has 0 radical (unpaired) electrons. The van der Waals surface area contributed by atoms with E-state index in [1.807, 2.05) is 24.3 Å². The summed E-state index contributed by atoms with van der Waals surface area (Å²) in [6.07, 6.45) is 0. The summed E-state index contributed by atoms with van der Waals surface area (Å²) in [7, 11) is 1.53. The Bertz CT molecular complexity index is 1720. The molecule has 0 saturated carbocycles. The van der Waals surface area contributed by atoms with Crippen LogP contribution < -0.4 is 29.4 Å². The Morgan fingerprint density at radius 1 is 0.929 bits per heavy atom. The van der Waals surface area contributed by atoms with Crippen LogP contribution in [0.4, 0.5) is 0 Å². The summed E-state index contributed by atoms with van der Waals surface area (Å²) >= 11 is 12.3. The number of methoxy groups -OCH3 is 1. The topological polar surface area (TPSA) is 113 Å². The molecule has 4 aromatic rings. The van der Waals surface area contributed by atoms with Gasteiger partial charge >= 0.3 is 5.97 Å². The number of fused-ring (bicyclic) bond motifs is 1. The average Bonchev–Trinajstić information content (AvgIpc) is 2.99. The number of esters is 1. The molecular formula is C32H24Cl2N2O6. The summed E-state index contributed by atoms with van der Waals surface area (Å²) in [4.78, 5) is 12.4. The van der Waals surface area contributed by atoms with Gasteiger partial charge in [0.15, 0.2) is 18.1 Å². The SMILES string of the molecule is COc1cc(C2C(C#N)=C(N)Oc3cc(OC(=O)COc4ccccc4Cl)ccc32)ccc1OCc1ccccc1Cl. The maximum atomic E-state index is 12.4. The Morgan fingerprint density at radius 3 is 2.43 bits per heavy atom. The molecule has 0 aliphatic carbocycles. The van der Waals surface area contributed by atoms with Crippen LogP contribution in [0.15, 0.2) is 96.4 Å². The summed E-state index contributed by atoms with van der Waals surface area (Å²) in [5.41, 5.74) is 8.60. The van der Waals surface area contributed by atoms with Gasteiger partial charge in [-0.3, -0.25) is 0 Å². The third-order valence-corrected chi connectivity index (χ3v) is 7.15. The van der Waals surface area contributed by atoms with Gasteiger partial charge in [-0.15, -0.1) is 0 Å². The number of nitrogens with two attached hydrogens (primary N) is 1. The van der Waals surface area contributed by atoms with Crippen molar-refractivity contribution < 1.29 is 28.5 Å². The minimum Gasteiger partial charge on any atom is -0.493 e. The monoisotopic (exact) mass is 602 g/mol. The lowest BCUT2D eigenvalue weighted by Crippen LogP contribution is -2.22. The molecule has 0 aromatic heterocycles. The number of carbonyl (C=O) groups excluding carboxylic acids is 1. The van der Waals surface area contributed by atoms with E-state index in [9.17, 15) is 10.1 Å². The summed E-state index contributed by atoms with van der Waals surface area (Å²) in [6, 6.07) is 26.6. The van der Waals surface area contributed by atoms with Crippen molar-refractivity contribution in [2.75, 3.05) is 13.7 Å². The molecule has 1 atom stereocenters.